The van der Waals surface area contributed by atoms with E-state index in [1.54, 1.807) is 38.5 Å². The predicted octanol–water partition coefficient (Wildman–Crippen LogP) is 21.3. The van der Waals surface area contributed by atoms with Gasteiger partial charge < -0.3 is 4.90 Å². The summed E-state index contributed by atoms with van der Waals surface area (Å²) in [4.78, 5) is 3.11. The van der Waals surface area contributed by atoms with Crippen LogP contribution in [0, 0.1) is 52.3 Å². The first-order valence-corrected chi connectivity index (χ1v) is 31.0. The summed E-state index contributed by atoms with van der Waals surface area (Å²) in [5.41, 5.74) is 1.26. The first kappa shape index (κ1) is 56.5. The molecule has 4 saturated carbocycles. The second-order valence-corrected chi connectivity index (χ2v) is 25.3. The van der Waals surface area contributed by atoms with Crippen molar-refractivity contribution in [3.63, 3.8) is 0 Å². The van der Waals surface area contributed by atoms with Gasteiger partial charge in [-0.3, -0.25) is 0 Å². The van der Waals surface area contributed by atoms with Crippen molar-refractivity contribution in [3.8, 4) is 0 Å². The fourth-order valence-corrected chi connectivity index (χ4v) is 15.8. The van der Waals surface area contributed by atoms with E-state index < -0.39 is 0 Å². The molecule has 9 atom stereocenters. The van der Waals surface area contributed by atoms with Gasteiger partial charge in [0.25, 0.3) is 0 Å². The first-order valence-electron chi connectivity index (χ1n) is 31.0. The molecule has 0 N–H and O–H groups in total. The Kier molecular flexibility index (Phi) is 29.6. The quantitative estimate of drug-likeness (QED) is 0.0554. The molecule has 0 aromatic carbocycles. The van der Waals surface area contributed by atoms with Gasteiger partial charge in [-0.2, -0.15) is 0 Å². The lowest BCUT2D eigenvalue weighted by Gasteiger charge is -2.62. The number of hydrogen-bond donors (Lipinski definition) is 0. The molecule has 0 aliphatic heterocycles. The lowest BCUT2D eigenvalue weighted by atomic mass is 9.44. The van der Waals surface area contributed by atoms with E-state index in [2.05, 4.69) is 53.4 Å². The maximum Gasteiger partial charge on any atom is 0.00983 e. The molecule has 0 bridgehead atoms. The topological polar surface area (TPSA) is 3.24 Å². The van der Waals surface area contributed by atoms with Gasteiger partial charge in [0, 0.05) is 6.04 Å². The lowest BCUT2D eigenvalue weighted by Crippen LogP contribution is -2.55. The third-order valence-electron chi connectivity index (χ3n) is 20.0. The summed E-state index contributed by atoms with van der Waals surface area (Å²) in [5, 5.41) is 0. The molecule has 1 nitrogen and oxygen atoms in total. The molecule has 0 aromatic rings. The van der Waals surface area contributed by atoms with Gasteiger partial charge in [0.05, 0.1) is 0 Å². The lowest BCUT2D eigenvalue weighted by molar-refractivity contribution is -0.124. The summed E-state index contributed by atoms with van der Waals surface area (Å²) < 4.78 is 0. The first-order chi connectivity index (χ1) is 31.2. The van der Waals surface area contributed by atoms with Gasteiger partial charge in [-0.05, 0) is 136 Å². The van der Waals surface area contributed by atoms with Crippen LogP contribution in [-0.2, 0) is 0 Å². The van der Waals surface area contributed by atoms with Crippen molar-refractivity contribution in [1.82, 2.24) is 4.90 Å². The number of nitrogens with zero attached hydrogens (tertiary/aromatic N) is 1. The second kappa shape index (κ2) is 33.5. The Bertz CT molecular complexity index is 1060. The molecule has 0 radical (unpaired) electrons. The van der Waals surface area contributed by atoms with Gasteiger partial charge in [0.15, 0.2) is 0 Å². The van der Waals surface area contributed by atoms with Gasteiger partial charge in [0.1, 0.15) is 0 Å². The minimum absolute atomic E-state index is 0.621. The van der Waals surface area contributed by atoms with E-state index in [1.165, 1.54) is 257 Å². The van der Waals surface area contributed by atoms with Gasteiger partial charge >= 0.3 is 0 Å². The second-order valence-electron chi connectivity index (χ2n) is 25.3. The van der Waals surface area contributed by atoms with E-state index >= 15 is 0 Å². The molecule has 5 unspecified atom stereocenters. The number of unbranched alkanes of at least 4 members (excludes halogenated alkanes) is 30. The summed E-state index contributed by atoms with van der Waals surface area (Å²) in [6.07, 6.45) is 65.4. The zero-order chi connectivity index (χ0) is 45.7. The fourth-order valence-electron chi connectivity index (χ4n) is 15.8. The van der Waals surface area contributed by atoms with Crippen molar-refractivity contribution >= 4 is 0 Å². The molecule has 378 valence electrons. The summed E-state index contributed by atoms with van der Waals surface area (Å²) in [7, 11) is 0. The van der Waals surface area contributed by atoms with Crippen LogP contribution < -0.4 is 0 Å². The summed E-state index contributed by atoms with van der Waals surface area (Å²) in [6.45, 7) is 20.6. The normalized spacial score (nSPS) is 28.5. The molecule has 0 saturated heterocycles. The van der Waals surface area contributed by atoms with Crippen LogP contribution in [0.15, 0.2) is 0 Å². The van der Waals surface area contributed by atoms with Crippen LogP contribution in [0.5, 0.6) is 0 Å². The summed E-state index contributed by atoms with van der Waals surface area (Å²) in [6, 6.07) is 0.874. The molecular formula is C63H121N. The Labute approximate surface area is 405 Å². The third kappa shape index (κ3) is 19.8. The Morgan fingerprint density at radius 2 is 0.812 bits per heavy atom. The number of rotatable bonds is 40. The third-order valence-corrected chi connectivity index (χ3v) is 20.0. The Hall–Kier alpha value is -0.0400. The van der Waals surface area contributed by atoms with E-state index in [1.807, 2.05) is 0 Å². The Morgan fingerprint density at radius 1 is 0.406 bits per heavy atom. The number of fused-ring (bicyclic) bond motifs is 5. The maximum absolute atomic E-state index is 3.11. The van der Waals surface area contributed by atoms with Crippen molar-refractivity contribution in [2.24, 2.45) is 52.3 Å². The molecule has 4 aliphatic carbocycles. The summed E-state index contributed by atoms with van der Waals surface area (Å²) in [5.74, 6) is 6.87. The predicted molar refractivity (Wildman–Crippen MR) is 288 cm³/mol. The zero-order valence-electron chi connectivity index (χ0n) is 45.6. The molecule has 0 spiro atoms. The number of hydrogen-bond acceptors (Lipinski definition) is 1. The largest absolute Gasteiger partial charge is 0.300 e. The molecule has 1 heteroatoms. The van der Waals surface area contributed by atoms with Crippen LogP contribution in [0.25, 0.3) is 0 Å². The van der Waals surface area contributed by atoms with E-state index in [0.29, 0.717) is 10.8 Å². The molecule has 0 heterocycles. The highest BCUT2D eigenvalue weighted by Gasteiger charge is 2.60. The molecule has 4 aliphatic rings. The van der Waals surface area contributed by atoms with Gasteiger partial charge in [-0.15, -0.1) is 0 Å². The van der Waals surface area contributed by atoms with Gasteiger partial charge in [-0.1, -0.05) is 260 Å². The molecule has 0 aromatic heterocycles. The van der Waals surface area contributed by atoms with Crippen LogP contribution in [0.3, 0.4) is 0 Å². The Balaban J connectivity index is 1.17. The minimum atomic E-state index is 0.621. The maximum atomic E-state index is 3.11. The van der Waals surface area contributed by atoms with Gasteiger partial charge in [0.2, 0.25) is 0 Å². The van der Waals surface area contributed by atoms with Crippen molar-refractivity contribution < 1.29 is 0 Å². The van der Waals surface area contributed by atoms with Crippen molar-refractivity contribution in [2.75, 3.05) is 13.1 Å². The van der Waals surface area contributed by atoms with Crippen LogP contribution in [0.4, 0.5) is 0 Å². The van der Waals surface area contributed by atoms with E-state index in [0.717, 1.165) is 47.5 Å². The van der Waals surface area contributed by atoms with Crippen molar-refractivity contribution in [2.45, 2.75) is 337 Å². The summed E-state index contributed by atoms with van der Waals surface area (Å²) >= 11 is 0. The van der Waals surface area contributed by atoms with E-state index in [9.17, 15) is 0 Å². The smallest absolute Gasteiger partial charge is 0.00983 e. The minimum Gasteiger partial charge on any atom is -0.300 e. The molecule has 64 heavy (non-hydrogen) atoms. The SMILES string of the molecule is CCCCCCCCCCCCCCCCCCN(CCCCCCCCCCCCCCCCCC)C1CC[C@@]2(C)C(CCC3C2CC[C@@]2(C)C3CC[C@@H]2[C@H](C)CCCC(C)C)C1. The van der Waals surface area contributed by atoms with E-state index in [-0.39, 0.29) is 0 Å². The van der Waals surface area contributed by atoms with Crippen LogP contribution in [-0.4, -0.2) is 24.0 Å². The highest BCUT2D eigenvalue weighted by Crippen LogP contribution is 2.68. The van der Waals surface area contributed by atoms with Crippen LogP contribution in [0.1, 0.15) is 331 Å². The van der Waals surface area contributed by atoms with Crippen LogP contribution in [0.2, 0.25) is 0 Å². The average Bonchev–Trinajstić information content (AvgIpc) is 3.65. The molecule has 4 rings (SSSR count). The zero-order valence-corrected chi connectivity index (χ0v) is 45.6. The van der Waals surface area contributed by atoms with Crippen molar-refractivity contribution in [3.05, 3.63) is 0 Å². The molecule has 0 amide bonds. The van der Waals surface area contributed by atoms with E-state index in [4.69, 9.17) is 0 Å². The molecular weight excluding hydrogens is 771 g/mol. The standard InChI is InChI=1S/C63H121N/c1-8-10-12-14-16-18-20-22-24-26-28-30-32-34-36-38-51-64(52-39-37-35-33-31-29-27-25-23-21-19-17-15-13-11-9-2)57-47-49-62(6)56(53-57)43-44-58-60-46-45-59(55(5)42-40-41-54(3)4)63(60,7)50-48-61(58)62/h54-61H,8-53H2,1-7H3/t55-,56?,57?,58?,59-,60?,61?,62+,63-/m1/s1. The van der Waals surface area contributed by atoms with Crippen LogP contribution >= 0.6 is 0 Å². The monoisotopic (exact) mass is 892 g/mol. The highest BCUT2D eigenvalue weighted by atomic mass is 15.2. The van der Waals surface area contributed by atoms with Crippen molar-refractivity contribution in [1.29, 1.82) is 0 Å². The Morgan fingerprint density at radius 3 is 1.25 bits per heavy atom. The molecule has 4 fully saturated rings. The van der Waals surface area contributed by atoms with Gasteiger partial charge in [-0.25, -0.2) is 0 Å². The fraction of sp³-hybridized carbons (Fsp3) is 1.00. The highest BCUT2D eigenvalue weighted by molar-refractivity contribution is 5.10. The average molecular weight is 893 g/mol.